The molecule has 1 aromatic heterocycles. The molecule has 0 saturated carbocycles. The van der Waals surface area contributed by atoms with Crippen LogP contribution in [0.4, 0.5) is 0 Å². The van der Waals surface area contributed by atoms with Gasteiger partial charge in [0.15, 0.2) is 0 Å². The molecule has 1 aliphatic heterocycles. The molecule has 21 heavy (non-hydrogen) atoms. The molecule has 0 bridgehead atoms. The van der Waals surface area contributed by atoms with Crippen molar-refractivity contribution in [3.63, 3.8) is 0 Å². The van der Waals surface area contributed by atoms with Crippen molar-refractivity contribution >= 4 is 11.8 Å². The van der Waals surface area contributed by atoms with Gasteiger partial charge in [0.05, 0.1) is 5.56 Å². The van der Waals surface area contributed by atoms with Crippen LogP contribution in [0.15, 0.2) is 12.4 Å². The van der Waals surface area contributed by atoms with Crippen molar-refractivity contribution in [3.8, 4) is 0 Å². The van der Waals surface area contributed by atoms with E-state index in [2.05, 4.69) is 10.3 Å². The Hall–Kier alpha value is -1.95. The number of carbonyl (C=O) groups is 2. The number of aromatic nitrogens is 1. The van der Waals surface area contributed by atoms with Crippen LogP contribution in [0.25, 0.3) is 0 Å². The molecule has 0 aromatic carbocycles. The summed E-state index contributed by atoms with van der Waals surface area (Å²) in [6.45, 7) is 4.17. The second-order valence-electron chi connectivity index (χ2n) is 5.57. The lowest BCUT2D eigenvalue weighted by molar-refractivity contribution is -0.129. The van der Waals surface area contributed by atoms with E-state index in [9.17, 15) is 9.59 Å². The fraction of sp³-hybridized carbons (Fsp3) is 0.533. The zero-order valence-electron chi connectivity index (χ0n) is 12.8. The molecular formula is C15H22N4O2. The molecule has 0 atom stereocenters. The maximum atomic E-state index is 12.3. The number of pyridine rings is 1. The van der Waals surface area contributed by atoms with Gasteiger partial charge in [0.25, 0.3) is 5.91 Å². The second kappa shape index (κ2) is 6.67. The second-order valence-corrected chi connectivity index (χ2v) is 5.57. The summed E-state index contributed by atoms with van der Waals surface area (Å²) < 4.78 is 0. The molecule has 0 unspecified atom stereocenters. The fourth-order valence-corrected chi connectivity index (χ4v) is 2.45. The number of likely N-dealkylation sites (N-methyl/N-ethyl adjacent to an activating group) is 1. The van der Waals surface area contributed by atoms with E-state index in [4.69, 9.17) is 0 Å². The molecule has 114 valence electrons. The summed E-state index contributed by atoms with van der Waals surface area (Å²) in [6, 6.07) is 0. The van der Waals surface area contributed by atoms with Crippen LogP contribution in [0.5, 0.6) is 0 Å². The first kappa shape index (κ1) is 15.4. The Morgan fingerprint density at radius 3 is 2.81 bits per heavy atom. The van der Waals surface area contributed by atoms with E-state index < -0.39 is 0 Å². The summed E-state index contributed by atoms with van der Waals surface area (Å²) in [7, 11) is 3.93. The lowest BCUT2D eigenvalue weighted by atomic mass is 9.96. The van der Waals surface area contributed by atoms with Crippen molar-refractivity contribution < 1.29 is 9.59 Å². The molecule has 0 spiro atoms. The first-order valence-corrected chi connectivity index (χ1v) is 7.13. The number of hydrogen-bond acceptors (Lipinski definition) is 4. The number of fused-ring (bicyclic) bond motifs is 1. The summed E-state index contributed by atoms with van der Waals surface area (Å²) in [5.41, 5.74) is 2.62. The zero-order chi connectivity index (χ0) is 15.4. The predicted octanol–water partition coefficient (Wildman–Crippen LogP) is 0.278. The monoisotopic (exact) mass is 290 g/mol. The van der Waals surface area contributed by atoms with Gasteiger partial charge >= 0.3 is 0 Å². The predicted molar refractivity (Wildman–Crippen MR) is 79.9 cm³/mol. The van der Waals surface area contributed by atoms with Gasteiger partial charge in [-0.1, -0.05) is 0 Å². The molecule has 1 aliphatic rings. The third kappa shape index (κ3) is 3.78. The quantitative estimate of drug-likeness (QED) is 0.865. The Morgan fingerprint density at radius 2 is 2.14 bits per heavy atom. The zero-order valence-corrected chi connectivity index (χ0v) is 12.8. The van der Waals surface area contributed by atoms with Crippen LogP contribution in [0, 0.1) is 0 Å². The highest BCUT2D eigenvalue weighted by molar-refractivity contribution is 5.95. The standard InChI is InChI=1S/C15H22N4O2/c1-11(20)19-6-4-13-12(10-19)8-16-9-14(13)15(21)17-5-7-18(2)3/h8-9H,4-7,10H2,1-3H3,(H,17,21). The van der Waals surface area contributed by atoms with Gasteiger partial charge in [0, 0.05) is 45.5 Å². The van der Waals surface area contributed by atoms with Gasteiger partial charge in [-0.05, 0) is 31.6 Å². The van der Waals surface area contributed by atoms with E-state index in [0.29, 0.717) is 31.6 Å². The lowest BCUT2D eigenvalue weighted by Gasteiger charge is -2.28. The number of nitrogens with zero attached hydrogens (tertiary/aromatic N) is 3. The first-order valence-electron chi connectivity index (χ1n) is 7.13. The van der Waals surface area contributed by atoms with Crippen molar-refractivity contribution in [1.82, 2.24) is 20.1 Å². The van der Waals surface area contributed by atoms with Crippen LogP contribution < -0.4 is 5.32 Å². The Labute approximate surface area is 125 Å². The maximum Gasteiger partial charge on any atom is 0.253 e. The average Bonchev–Trinajstić information content (AvgIpc) is 2.45. The van der Waals surface area contributed by atoms with Crippen molar-refractivity contribution in [2.45, 2.75) is 19.9 Å². The summed E-state index contributed by atoms with van der Waals surface area (Å²) >= 11 is 0. The molecule has 2 rings (SSSR count). The van der Waals surface area contributed by atoms with Crippen LogP contribution in [0.3, 0.4) is 0 Å². The molecule has 0 fully saturated rings. The highest BCUT2D eigenvalue weighted by atomic mass is 16.2. The van der Waals surface area contributed by atoms with Crippen LogP contribution >= 0.6 is 0 Å². The Morgan fingerprint density at radius 1 is 1.38 bits per heavy atom. The minimum Gasteiger partial charge on any atom is -0.351 e. The maximum absolute atomic E-state index is 12.3. The summed E-state index contributed by atoms with van der Waals surface area (Å²) in [4.78, 5) is 31.7. The van der Waals surface area contributed by atoms with Gasteiger partial charge in [-0.25, -0.2) is 0 Å². The number of nitrogens with one attached hydrogen (secondary N) is 1. The molecule has 6 heteroatoms. The number of carbonyl (C=O) groups excluding carboxylic acids is 2. The molecule has 1 N–H and O–H groups in total. The number of amides is 2. The Kier molecular flexibility index (Phi) is 4.90. The van der Waals surface area contributed by atoms with Gasteiger partial charge in [-0.3, -0.25) is 14.6 Å². The van der Waals surface area contributed by atoms with Crippen molar-refractivity contribution in [3.05, 3.63) is 29.1 Å². The number of rotatable bonds is 4. The van der Waals surface area contributed by atoms with E-state index in [1.54, 1.807) is 24.2 Å². The van der Waals surface area contributed by atoms with E-state index >= 15 is 0 Å². The Balaban J connectivity index is 2.10. The van der Waals surface area contributed by atoms with Gasteiger partial charge in [-0.15, -0.1) is 0 Å². The molecule has 0 saturated heterocycles. The van der Waals surface area contributed by atoms with Gasteiger partial charge < -0.3 is 15.1 Å². The molecule has 1 aromatic rings. The van der Waals surface area contributed by atoms with Gasteiger partial charge in [-0.2, -0.15) is 0 Å². The minimum atomic E-state index is -0.0857. The number of hydrogen-bond donors (Lipinski definition) is 1. The van der Waals surface area contributed by atoms with Crippen LogP contribution in [0.2, 0.25) is 0 Å². The van der Waals surface area contributed by atoms with Crippen molar-refractivity contribution in [2.24, 2.45) is 0 Å². The van der Waals surface area contributed by atoms with E-state index in [-0.39, 0.29) is 11.8 Å². The van der Waals surface area contributed by atoms with Gasteiger partial charge in [0.2, 0.25) is 5.91 Å². The average molecular weight is 290 g/mol. The van der Waals surface area contributed by atoms with Crippen LogP contribution in [-0.4, -0.2) is 60.3 Å². The first-order chi connectivity index (χ1) is 9.99. The summed E-state index contributed by atoms with van der Waals surface area (Å²) in [5.74, 6) is -0.0287. The van der Waals surface area contributed by atoms with Crippen LogP contribution in [-0.2, 0) is 17.8 Å². The SMILES string of the molecule is CC(=O)N1CCc2c(cncc2C(=O)NCCN(C)C)C1. The highest BCUT2D eigenvalue weighted by Gasteiger charge is 2.23. The van der Waals surface area contributed by atoms with E-state index in [1.165, 1.54) is 0 Å². The lowest BCUT2D eigenvalue weighted by Crippen LogP contribution is -2.37. The molecular weight excluding hydrogens is 268 g/mol. The summed E-state index contributed by atoms with van der Waals surface area (Å²) in [6.07, 6.45) is 4.07. The fourth-order valence-electron chi connectivity index (χ4n) is 2.45. The normalized spacial score (nSPS) is 14.0. The topological polar surface area (TPSA) is 65.5 Å². The third-order valence-corrected chi connectivity index (χ3v) is 3.67. The Bertz CT molecular complexity index is 542. The van der Waals surface area contributed by atoms with E-state index in [0.717, 1.165) is 17.7 Å². The third-order valence-electron chi connectivity index (χ3n) is 3.67. The largest absolute Gasteiger partial charge is 0.351 e. The summed E-state index contributed by atoms with van der Waals surface area (Å²) in [5, 5.41) is 2.91. The van der Waals surface area contributed by atoms with E-state index in [1.807, 2.05) is 19.0 Å². The van der Waals surface area contributed by atoms with Crippen molar-refractivity contribution in [1.29, 1.82) is 0 Å². The molecule has 6 nitrogen and oxygen atoms in total. The van der Waals surface area contributed by atoms with Crippen molar-refractivity contribution in [2.75, 3.05) is 33.7 Å². The highest BCUT2D eigenvalue weighted by Crippen LogP contribution is 2.21. The smallest absolute Gasteiger partial charge is 0.253 e. The minimum absolute atomic E-state index is 0.0569. The van der Waals surface area contributed by atoms with Crippen LogP contribution in [0.1, 0.15) is 28.4 Å². The van der Waals surface area contributed by atoms with Gasteiger partial charge in [0.1, 0.15) is 0 Å². The molecule has 2 amide bonds. The molecule has 0 aliphatic carbocycles. The molecule has 2 heterocycles. The molecule has 0 radical (unpaired) electrons.